The molecule has 0 spiro atoms. The molecule has 0 unspecified atom stereocenters. The van der Waals surface area contributed by atoms with Crippen molar-refractivity contribution in [1.29, 1.82) is 5.41 Å². The summed E-state index contributed by atoms with van der Waals surface area (Å²) in [4.78, 5) is 25.2. The second-order valence-corrected chi connectivity index (χ2v) is 4.96. The molecule has 0 saturated heterocycles. The van der Waals surface area contributed by atoms with Crippen LogP contribution in [0.4, 0.5) is 8.78 Å². The maximum absolute atomic E-state index is 13.9. The zero-order valence-corrected chi connectivity index (χ0v) is 11.4. The van der Waals surface area contributed by atoms with Crippen molar-refractivity contribution < 1.29 is 8.78 Å². The number of nitrogens with one attached hydrogen (secondary N) is 2. The number of halogens is 2. The lowest BCUT2D eigenvalue weighted by molar-refractivity contribution is 0.537. The summed E-state index contributed by atoms with van der Waals surface area (Å²) in [7, 11) is 1.37. The van der Waals surface area contributed by atoms with Crippen molar-refractivity contribution in [2.75, 3.05) is 0 Å². The van der Waals surface area contributed by atoms with E-state index in [1.165, 1.54) is 7.05 Å². The molecule has 1 aromatic heterocycles. The van der Waals surface area contributed by atoms with Crippen LogP contribution in [-0.2, 0) is 7.05 Å². The van der Waals surface area contributed by atoms with Crippen LogP contribution in [-0.4, -0.2) is 20.6 Å². The Balaban J connectivity index is 2.50. The number of nitrogens with zero attached hydrogens (tertiary/aromatic N) is 2. The monoisotopic (exact) mass is 313 g/mol. The number of aromatic nitrogens is 3. The number of nitrogens with two attached hydrogens (primary N) is 1. The smallest absolute Gasteiger partial charge is 0.339 e. The van der Waals surface area contributed by atoms with Crippen molar-refractivity contribution in [2.24, 2.45) is 12.8 Å². The van der Waals surface area contributed by atoms with Gasteiger partial charge in [-0.25, -0.2) is 8.78 Å². The highest BCUT2D eigenvalue weighted by Crippen LogP contribution is 2.30. The van der Waals surface area contributed by atoms with E-state index in [9.17, 15) is 18.4 Å². The van der Waals surface area contributed by atoms with Crippen LogP contribution in [0.3, 0.4) is 0 Å². The van der Waals surface area contributed by atoms with E-state index in [-0.39, 0.29) is 10.7 Å². The predicted molar refractivity (Wildman–Crippen MR) is 71.6 cm³/mol. The molecule has 0 aliphatic heterocycles. The molecule has 2 rings (SSSR count). The van der Waals surface area contributed by atoms with E-state index in [0.29, 0.717) is 11.8 Å². The lowest BCUT2D eigenvalue weighted by Crippen LogP contribution is -2.33. The SMILES string of the molecule is Cn1[nH]c(=O)c(=O)nc1Sc1c(F)cc(C(=N)N)cc1F. The molecule has 0 fully saturated rings. The normalized spacial score (nSPS) is 10.6. The highest BCUT2D eigenvalue weighted by atomic mass is 32.2. The number of rotatable bonds is 3. The summed E-state index contributed by atoms with van der Waals surface area (Å²) in [5, 5.41) is 9.22. The topological polar surface area (TPSA) is 118 Å². The van der Waals surface area contributed by atoms with Crippen LogP contribution in [0.1, 0.15) is 5.56 Å². The molecule has 110 valence electrons. The number of aryl methyl sites for hydroxylation is 1. The van der Waals surface area contributed by atoms with Crippen molar-refractivity contribution in [3.63, 3.8) is 0 Å². The Labute approximate surface area is 120 Å². The number of aromatic amines is 1. The Morgan fingerprint density at radius 2 is 1.95 bits per heavy atom. The highest BCUT2D eigenvalue weighted by molar-refractivity contribution is 7.99. The Morgan fingerprint density at radius 1 is 1.38 bits per heavy atom. The van der Waals surface area contributed by atoms with E-state index < -0.39 is 33.5 Å². The van der Waals surface area contributed by atoms with Gasteiger partial charge in [0.1, 0.15) is 17.5 Å². The molecular weight excluding hydrogens is 304 g/mol. The molecule has 7 nitrogen and oxygen atoms in total. The largest absolute Gasteiger partial charge is 0.384 e. The lowest BCUT2D eigenvalue weighted by atomic mass is 10.2. The van der Waals surface area contributed by atoms with E-state index >= 15 is 0 Å². The number of amidine groups is 1. The highest BCUT2D eigenvalue weighted by Gasteiger charge is 2.16. The fourth-order valence-electron chi connectivity index (χ4n) is 1.46. The summed E-state index contributed by atoms with van der Waals surface area (Å²) in [5.41, 5.74) is 3.07. The van der Waals surface area contributed by atoms with Gasteiger partial charge in [0.25, 0.3) is 0 Å². The van der Waals surface area contributed by atoms with Crippen LogP contribution < -0.4 is 16.9 Å². The Bertz CT molecular complexity index is 822. The number of nitrogen functional groups attached to an aromatic ring is 1. The van der Waals surface area contributed by atoms with Gasteiger partial charge in [-0.1, -0.05) is 0 Å². The second kappa shape index (κ2) is 5.48. The van der Waals surface area contributed by atoms with Gasteiger partial charge in [-0.05, 0) is 23.9 Å². The van der Waals surface area contributed by atoms with Gasteiger partial charge in [-0.15, -0.1) is 0 Å². The third kappa shape index (κ3) is 2.99. The average Bonchev–Trinajstić information content (AvgIpc) is 2.39. The second-order valence-electron chi connectivity index (χ2n) is 3.98. The minimum absolute atomic E-state index is 0.0898. The molecule has 2 aromatic rings. The molecular formula is C11H9F2N5O2S. The maximum atomic E-state index is 13.9. The molecule has 21 heavy (non-hydrogen) atoms. The van der Waals surface area contributed by atoms with Crippen LogP contribution in [0.2, 0.25) is 0 Å². The quantitative estimate of drug-likeness (QED) is 0.424. The molecule has 0 radical (unpaired) electrons. The first kappa shape index (κ1) is 14.9. The van der Waals surface area contributed by atoms with Crippen LogP contribution >= 0.6 is 11.8 Å². The van der Waals surface area contributed by atoms with E-state index in [1.54, 1.807) is 0 Å². The molecule has 4 N–H and O–H groups in total. The number of hydrogen-bond donors (Lipinski definition) is 3. The van der Waals surface area contributed by atoms with Gasteiger partial charge in [0, 0.05) is 12.6 Å². The van der Waals surface area contributed by atoms with Gasteiger partial charge < -0.3 is 5.73 Å². The predicted octanol–water partition coefficient (Wildman–Crippen LogP) is 0.182. The standard InChI is InChI=1S/C11H9F2N5O2S/c1-18-11(16-9(19)10(20)17-18)21-7-5(12)2-4(8(14)15)3-6(7)13/h2-3H,1H3,(H3,14,15)(H,17,20). The van der Waals surface area contributed by atoms with Crippen molar-refractivity contribution in [2.45, 2.75) is 10.1 Å². The molecule has 0 bridgehead atoms. The maximum Gasteiger partial charge on any atom is 0.339 e. The van der Waals surface area contributed by atoms with Crippen molar-refractivity contribution in [3.05, 3.63) is 50.0 Å². The van der Waals surface area contributed by atoms with Gasteiger partial charge in [-0.2, -0.15) is 4.98 Å². The van der Waals surface area contributed by atoms with Crippen molar-refractivity contribution >= 4 is 17.6 Å². The number of benzene rings is 1. The third-order valence-electron chi connectivity index (χ3n) is 2.45. The number of H-pyrrole nitrogens is 1. The third-order valence-corrected chi connectivity index (χ3v) is 3.59. The average molecular weight is 313 g/mol. The lowest BCUT2D eigenvalue weighted by Gasteiger charge is -2.08. The first-order chi connectivity index (χ1) is 9.79. The van der Waals surface area contributed by atoms with Crippen LogP contribution in [0, 0.1) is 17.0 Å². The minimum Gasteiger partial charge on any atom is -0.384 e. The molecule has 0 aliphatic rings. The fraction of sp³-hybridized carbons (Fsp3) is 0.0909. The van der Waals surface area contributed by atoms with E-state index in [2.05, 4.69) is 10.1 Å². The zero-order valence-electron chi connectivity index (χ0n) is 10.6. The molecule has 0 atom stereocenters. The molecule has 1 heterocycles. The van der Waals surface area contributed by atoms with Gasteiger partial charge in [-0.3, -0.25) is 24.8 Å². The summed E-state index contributed by atoms with van der Waals surface area (Å²) in [6.45, 7) is 0. The number of hydrogen-bond acceptors (Lipinski definition) is 5. The Kier molecular flexibility index (Phi) is 3.89. The van der Waals surface area contributed by atoms with E-state index in [4.69, 9.17) is 11.1 Å². The Morgan fingerprint density at radius 3 is 2.48 bits per heavy atom. The van der Waals surface area contributed by atoms with Crippen LogP contribution in [0.5, 0.6) is 0 Å². The molecule has 0 aliphatic carbocycles. The summed E-state index contributed by atoms with van der Waals surface area (Å²) in [6, 6.07) is 1.80. The summed E-state index contributed by atoms with van der Waals surface area (Å²) < 4.78 is 28.8. The van der Waals surface area contributed by atoms with Gasteiger partial charge in [0.15, 0.2) is 5.16 Å². The zero-order chi connectivity index (χ0) is 15.7. The first-order valence-corrected chi connectivity index (χ1v) is 6.30. The van der Waals surface area contributed by atoms with Crippen molar-refractivity contribution in [1.82, 2.24) is 14.8 Å². The van der Waals surface area contributed by atoms with Crippen LogP contribution in [0.25, 0.3) is 0 Å². The van der Waals surface area contributed by atoms with Gasteiger partial charge >= 0.3 is 11.1 Å². The van der Waals surface area contributed by atoms with Crippen molar-refractivity contribution in [3.8, 4) is 0 Å². The fourth-order valence-corrected chi connectivity index (χ4v) is 2.26. The van der Waals surface area contributed by atoms with Gasteiger partial charge in [0.05, 0.1) is 4.90 Å². The van der Waals surface area contributed by atoms with Crippen LogP contribution in [0.15, 0.2) is 31.8 Å². The summed E-state index contributed by atoms with van der Waals surface area (Å²) in [6.07, 6.45) is 0. The molecule has 1 aromatic carbocycles. The Hall–Kier alpha value is -2.49. The minimum atomic E-state index is -1.06. The molecule has 10 heteroatoms. The summed E-state index contributed by atoms with van der Waals surface area (Å²) in [5.74, 6) is -2.38. The molecule has 0 saturated carbocycles. The first-order valence-electron chi connectivity index (χ1n) is 5.48. The van der Waals surface area contributed by atoms with E-state index in [1.807, 2.05) is 0 Å². The van der Waals surface area contributed by atoms with Gasteiger partial charge in [0.2, 0.25) is 0 Å². The van der Waals surface area contributed by atoms with E-state index in [0.717, 1.165) is 16.8 Å². The summed E-state index contributed by atoms with van der Waals surface area (Å²) >= 11 is 0.531. The molecule has 0 amide bonds.